The maximum Gasteiger partial charge on any atom is 0.224 e. The predicted molar refractivity (Wildman–Crippen MR) is 101 cm³/mol. The molecule has 25 heavy (non-hydrogen) atoms. The van der Waals surface area contributed by atoms with Gasteiger partial charge >= 0.3 is 0 Å². The number of rotatable bonds is 7. The summed E-state index contributed by atoms with van der Waals surface area (Å²) < 4.78 is 28.7. The standard InChI is InChI=1S/C15H21ClN4O3S2/c1-25(21,22)8-2-3-17-10-11-9-12-13(24-11)14(19-15(16)18-12)20-4-6-23-7-5-20/h9,17H,2-8,10H2,1H3. The summed E-state index contributed by atoms with van der Waals surface area (Å²) in [6, 6.07) is 2.01. The Kier molecular flexibility index (Phi) is 6.11. The first-order chi connectivity index (χ1) is 11.9. The number of hydrogen-bond acceptors (Lipinski definition) is 8. The van der Waals surface area contributed by atoms with Crippen LogP contribution in [0.15, 0.2) is 6.07 Å². The molecular weight excluding hydrogens is 384 g/mol. The average Bonchev–Trinajstić information content (AvgIpc) is 2.96. The van der Waals surface area contributed by atoms with Gasteiger partial charge in [-0.3, -0.25) is 0 Å². The predicted octanol–water partition coefficient (Wildman–Crippen LogP) is 1.71. The van der Waals surface area contributed by atoms with E-state index in [0.717, 1.165) is 34.0 Å². The van der Waals surface area contributed by atoms with Crippen molar-refractivity contribution in [1.29, 1.82) is 0 Å². The molecule has 0 unspecified atom stereocenters. The Morgan fingerprint density at radius 1 is 1.36 bits per heavy atom. The zero-order valence-electron chi connectivity index (χ0n) is 14.0. The molecule has 138 valence electrons. The molecule has 2 aromatic rings. The van der Waals surface area contributed by atoms with Gasteiger partial charge in [0.25, 0.3) is 0 Å². The zero-order valence-corrected chi connectivity index (χ0v) is 16.4. The molecule has 3 rings (SSSR count). The van der Waals surface area contributed by atoms with Gasteiger partial charge in [-0.25, -0.2) is 13.4 Å². The number of nitrogens with one attached hydrogen (secondary N) is 1. The highest BCUT2D eigenvalue weighted by Gasteiger charge is 2.19. The van der Waals surface area contributed by atoms with Gasteiger partial charge < -0.3 is 15.0 Å². The third-order valence-electron chi connectivity index (χ3n) is 3.86. The highest BCUT2D eigenvalue weighted by molar-refractivity contribution is 7.90. The number of aromatic nitrogens is 2. The molecule has 1 aliphatic rings. The summed E-state index contributed by atoms with van der Waals surface area (Å²) in [7, 11) is -2.90. The Hall–Kier alpha value is -1.00. The average molecular weight is 405 g/mol. The number of morpholine rings is 1. The van der Waals surface area contributed by atoms with E-state index in [0.29, 0.717) is 32.7 Å². The highest BCUT2D eigenvalue weighted by atomic mass is 35.5. The minimum absolute atomic E-state index is 0.203. The van der Waals surface area contributed by atoms with Gasteiger partial charge in [0.2, 0.25) is 5.28 Å². The number of sulfone groups is 1. The number of thiophene rings is 1. The van der Waals surface area contributed by atoms with Crippen molar-refractivity contribution in [2.24, 2.45) is 0 Å². The molecule has 1 fully saturated rings. The Morgan fingerprint density at radius 2 is 2.12 bits per heavy atom. The lowest BCUT2D eigenvalue weighted by atomic mass is 10.3. The molecule has 0 radical (unpaired) electrons. The van der Waals surface area contributed by atoms with E-state index in [2.05, 4.69) is 20.2 Å². The van der Waals surface area contributed by atoms with Crippen molar-refractivity contribution in [3.8, 4) is 0 Å². The van der Waals surface area contributed by atoms with Crippen molar-refractivity contribution < 1.29 is 13.2 Å². The Bertz CT molecular complexity index is 835. The Labute approximate surface area is 156 Å². The van der Waals surface area contributed by atoms with Crippen molar-refractivity contribution >= 4 is 48.8 Å². The number of fused-ring (bicyclic) bond motifs is 1. The van der Waals surface area contributed by atoms with E-state index in [1.165, 1.54) is 6.26 Å². The third kappa shape index (κ3) is 5.24. The second-order valence-electron chi connectivity index (χ2n) is 6.00. The van der Waals surface area contributed by atoms with Gasteiger partial charge in [0, 0.05) is 30.8 Å². The van der Waals surface area contributed by atoms with Crippen LogP contribution in [0, 0.1) is 0 Å². The molecule has 0 aromatic carbocycles. The Balaban J connectivity index is 1.69. The molecule has 1 N–H and O–H groups in total. The van der Waals surface area contributed by atoms with E-state index < -0.39 is 9.84 Å². The fourth-order valence-electron chi connectivity index (χ4n) is 2.68. The second kappa shape index (κ2) is 8.13. The fourth-order valence-corrected chi connectivity index (χ4v) is 4.61. The van der Waals surface area contributed by atoms with Crippen molar-refractivity contribution in [2.45, 2.75) is 13.0 Å². The molecule has 0 atom stereocenters. The van der Waals surface area contributed by atoms with Crippen LogP contribution in [0.2, 0.25) is 5.28 Å². The van der Waals surface area contributed by atoms with Crippen molar-refractivity contribution in [2.75, 3.05) is 49.8 Å². The van der Waals surface area contributed by atoms with Crippen LogP contribution in [-0.2, 0) is 21.1 Å². The van der Waals surface area contributed by atoms with E-state index in [1.807, 2.05) is 6.07 Å². The summed E-state index contributed by atoms with van der Waals surface area (Å²) in [5.74, 6) is 1.07. The highest BCUT2D eigenvalue weighted by Crippen LogP contribution is 2.33. The maximum absolute atomic E-state index is 11.1. The number of hydrogen-bond donors (Lipinski definition) is 1. The SMILES string of the molecule is CS(=O)(=O)CCCNCc1cc2nc(Cl)nc(N3CCOCC3)c2s1. The molecule has 1 aliphatic heterocycles. The molecule has 0 bridgehead atoms. The lowest BCUT2D eigenvalue weighted by Crippen LogP contribution is -2.36. The first-order valence-corrected chi connectivity index (χ1v) is 11.3. The quantitative estimate of drug-likeness (QED) is 0.555. The number of anilines is 1. The molecule has 10 heteroatoms. The van der Waals surface area contributed by atoms with Crippen LogP contribution in [-0.4, -0.2) is 63.2 Å². The molecule has 0 amide bonds. The number of ether oxygens (including phenoxy) is 1. The van der Waals surface area contributed by atoms with Gasteiger partial charge in [0.1, 0.15) is 9.84 Å². The molecule has 0 spiro atoms. The maximum atomic E-state index is 11.1. The first kappa shape index (κ1) is 18.8. The van der Waals surface area contributed by atoms with Crippen LogP contribution in [0.4, 0.5) is 5.82 Å². The van der Waals surface area contributed by atoms with Gasteiger partial charge in [-0.2, -0.15) is 4.98 Å². The smallest absolute Gasteiger partial charge is 0.224 e. The van der Waals surface area contributed by atoms with Crippen LogP contribution in [0.3, 0.4) is 0 Å². The lowest BCUT2D eigenvalue weighted by molar-refractivity contribution is 0.122. The molecular formula is C15H21ClN4O3S2. The topological polar surface area (TPSA) is 84.4 Å². The van der Waals surface area contributed by atoms with Gasteiger partial charge in [-0.1, -0.05) is 0 Å². The van der Waals surface area contributed by atoms with E-state index in [1.54, 1.807) is 11.3 Å². The summed E-state index contributed by atoms with van der Waals surface area (Å²) in [4.78, 5) is 12.1. The summed E-state index contributed by atoms with van der Waals surface area (Å²) in [5.41, 5.74) is 0.847. The molecule has 7 nitrogen and oxygen atoms in total. The largest absolute Gasteiger partial charge is 0.378 e. The summed E-state index contributed by atoms with van der Waals surface area (Å²) in [6.45, 7) is 4.28. The fraction of sp³-hybridized carbons (Fsp3) is 0.600. The third-order valence-corrected chi connectivity index (χ3v) is 6.18. The minimum atomic E-state index is -2.90. The normalized spacial score (nSPS) is 15.8. The molecule has 1 saturated heterocycles. The van der Waals surface area contributed by atoms with Crippen LogP contribution >= 0.6 is 22.9 Å². The lowest BCUT2D eigenvalue weighted by Gasteiger charge is -2.28. The number of halogens is 1. The molecule has 0 aliphatic carbocycles. The van der Waals surface area contributed by atoms with Crippen molar-refractivity contribution in [3.63, 3.8) is 0 Å². The first-order valence-electron chi connectivity index (χ1n) is 8.09. The van der Waals surface area contributed by atoms with Crippen LogP contribution in [0.5, 0.6) is 0 Å². The zero-order chi connectivity index (χ0) is 17.9. The van der Waals surface area contributed by atoms with Crippen molar-refractivity contribution in [3.05, 3.63) is 16.2 Å². The molecule has 0 saturated carbocycles. The minimum Gasteiger partial charge on any atom is -0.378 e. The van der Waals surface area contributed by atoms with Crippen LogP contribution < -0.4 is 10.2 Å². The van der Waals surface area contributed by atoms with E-state index in [-0.39, 0.29) is 11.0 Å². The van der Waals surface area contributed by atoms with E-state index in [4.69, 9.17) is 16.3 Å². The monoisotopic (exact) mass is 404 g/mol. The summed E-state index contributed by atoms with van der Waals surface area (Å²) in [5, 5.41) is 3.53. The molecule has 2 aromatic heterocycles. The van der Waals surface area contributed by atoms with Crippen molar-refractivity contribution in [1.82, 2.24) is 15.3 Å². The number of nitrogens with zero attached hydrogens (tertiary/aromatic N) is 3. The molecule has 3 heterocycles. The second-order valence-corrected chi connectivity index (χ2v) is 9.74. The summed E-state index contributed by atoms with van der Waals surface area (Å²) in [6.07, 6.45) is 1.86. The van der Waals surface area contributed by atoms with E-state index >= 15 is 0 Å². The van der Waals surface area contributed by atoms with Crippen LogP contribution in [0.1, 0.15) is 11.3 Å². The van der Waals surface area contributed by atoms with Gasteiger partial charge in [0.15, 0.2) is 5.82 Å². The van der Waals surface area contributed by atoms with Crippen LogP contribution in [0.25, 0.3) is 10.2 Å². The van der Waals surface area contributed by atoms with E-state index in [9.17, 15) is 8.42 Å². The Morgan fingerprint density at radius 3 is 2.84 bits per heavy atom. The van der Waals surface area contributed by atoms with Gasteiger partial charge in [-0.15, -0.1) is 11.3 Å². The van der Waals surface area contributed by atoms with Gasteiger partial charge in [-0.05, 0) is 30.6 Å². The van der Waals surface area contributed by atoms with Gasteiger partial charge in [0.05, 0.1) is 29.2 Å². The summed E-state index contributed by atoms with van der Waals surface area (Å²) >= 11 is 7.74.